The Balaban J connectivity index is 3.10. The number of nitro benzene ring substituents is 1. The van der Waals surface area contributed by atoms with Crippen LogP contribution in [0.5, 0.6) is 5.75 Å². The van der Waals surface area contributed by atoms with E-state index in [0.29, 0.717) is 6.61 Å². The molecule has 0 amide bonds. The molecule has 0 aliphatic heterocycles. The number of hydrogen-bond donors (Lipinski definition) is 1. The van der Waals surface area contributed by atoms with Crippen molar-refractivity contribution in [2.45, 2.75) is 13.5 Å². The van der Waals surface area contributed by atoms with Gasteiger partial charge in [0.15, 0.2) is 5.75 Å². The highest BCUT2D eigenvalue weighted by atomic mass is 16.6. The van der Waals surface area contributed by atoms with Crippen molar-refractivity contribution in [1.82, 2.24) is 0 Å². The van der Waals surface area contributed by atoms with Crippen LogP contribution in [-0.2, 0) is 6.54 Å². The van der Waals surface area contributed by atoms with Gasteiger partial charge in [0, 0.05) is 12.6 Å². The van der Waals surface area contributed by atoms with Gasteiger partial charge in [-0.2, -0.15) is 0 Å². The van der Waals surface area contributed by atoms with Gasteiger partial charge in [0.05, 0.1) is 11.5 Å². The van der Waals surface area contributed by atoms with Crippen molar-refractivity contribution in [3.63, 3.8) is 0 Å². The highest BCUT2D eigenvalue weighted by Gasteiger charge is 2.14. The number of rotatable bonds is 4. The number of nitrogens with two attached hydrogens (primary N) is 1. The summed E-state index contributed by atoms with van der Waals surface area (Å²) in [5.41, 5.74) is 6.07. The summed E-state index contributed by atoms with van der Waals surface area (Å²) < 4.78 is 5.12. The van der Waals surface area contributed by atoms with E-state index in [-0.39, 0.29) is 18.0 Å². The third kappa shape index (κ3) is 2.20. The third-order valence-corrected chi connectivity index (χ3v) is 1.76. The molecule has 0 saturated carbocycles. The molecule has 0 radical (unpaired) electrons. The monoisotopic (exact) mass is 196 g/mol. The van der Waals surface area contributed by atoms with E-state index in [1.165, 1.54) is 6.07 Å². The lowest BCUT2D eigenvalue weighted by Gasteiger charge is -2.04. The van der Waals surface area contributed by atoms with E-state index < -0.39 is 4.92 Å². The van der Waals surface area contributed by atoms with Gasteiger partial charge in [-0.05, 0) is 18.6 Å². The summed E-state index contributed by atoms with van der Waals surface area (Å²) in [5.74, 6) is 0.287. The summed E-state index contributed by atoms with van der Waals surface area (Å²) in [7, 11) is 0. The predicted octanol–water partition coefficient (Wildman–Crippen LogP) is 1.45. The lowest BCUT2D eigenvalue weighted by Crippen LogP contribution is -2.01. The van der Waals surface area contributed by atoms with E-state index in [2.05, 4.69) is 0 Å². The van der Waals surface area contributed by atoms with Gasteiger partial charge >= 0.3 is 5.69 Å². The van der Waals surface area contributed by atoms with Gasteiger partial charge in [-0.25, -0.2) is 0 Å². The number of nitrogens with zero attached hydrogens (tertiary/aromatic N) is 1. The van der Waals surface area contributed by atoms with E-state index in [0.717, 1.165) is 5.56 Å². The van der Waals surface area contributed by atoms with Gasteiger partial charge in [0.1, 0.15) is 0 Å². The average Bonchev–Trinajstić information content (AvgIpc) is 2.18. The zero-order valence-corrected chi connectivity index (χ0v) is 7.90. The standard InChI is InChI=1S/C9H12N2O3/c1-2-14-9-4-3-7(6-10)5-8(9)11(12)13/h3-5H,2,6,10H2,1H3. The normalized spacial score (nSPS) is 9.86. The fourth-order valence-electron chi connectivity index (χ4n) is 1.11. The molecule has 76 valence electrons. The van der Waals surface area contributed by atoms with Crippen LogP contribution in [0.25, 0.3) is 0 Å². The SMILES string of the molecule is CCOc1ccc(CN)cc1[N+](=O)[O-]. The summed E-state index contributed by atoms with van der Waals surface area (Å²) >= 11 is 0. The topological polar surface area (TPSA) is 78.4 Å². The van der Waals surface area contributed by atoms with Crippen LogP contribution in [0, 0.1) is 10.1 Å². The predicted molar refractivity (Wildman–Crippen MR) is 52.2 cm³/mol. The smallest absolute Gasteiger partial charge is 0.311 e. The Morgan fingerprint density at radius 1 is 1.57 bits per heavy atom. The summed E-state index contributed by atoms with van der Waals surface area (Å²) in [6.45, 7) is 2.47. The first-order chi connectivity index (χ1) is 6.69. The molecule has 0 saturated heterocycles. The third-order valence-electron chi connectivity index (χ3n) is 1.76. The van der Waals surface area contributed by atoms with Crippen LogP contribution in [-0.4, -0.2) is 11.5 Å². The number of nitro groups is 1. The van der Waals surface area contributed by atoms with Crippen LogP contribution in [0.4, 0.5) is 5.69 Å². The molecule has 5 nitrogen and oxygen atoms in total. The summed E-state index contributed by atoms with van der Waals surface area (Å²) in [6.07, 6.45) is 0. The Kier molecular flexibility index (Phi) is 3.41. The molecule has 2 N–H and O–H groups in total. The van der Waals surface area contributed by atoms with Crippen LogP contribution in [0.2, 0.25) is 0 Å². The van der Waals surface area contributed by atoms with Gasteiger partial charge in [-0.3, -0.25) is 10.1 Å². The lowest BCUT2D eigenvalue weighted by atomic mass is 10.2. The zero-order chi connectivity index (χ0) is 10.6. The van der Waals surface area contributed by atoms with E-state index in [4.69, 9.17) is 10.5 Å². The van der Waals surface area contributed by atoms with Crippen molar-refractivity contribution >= 4 is 5.69 Å². The molecule has 1 aromatic carbocycles. The van der Waals surface area contributed by atoms with E-state index >= 15 is 0 Å². The molecule has 0 aliphatic rings. The fourth-order valence-corrected chi connectivity index (χ4v) is 1.11. The molecule has 0 bridgehead atoms. The van der Waals surface area contributed by atoms with Gasteiger partial charge in [-0.15, -0.1) is 0 Å². The second-order valence-electron chi connectivity index (χ2n) is 2.70. The summed E-state index contributed by atoms with van der Waals surface area (Å²) in [6, 6.07) is 4.73. The van der Waals surface area contributed by atoms with Gasteiger partial charge in [0.2, 0.25) is 0 Å². The first-order valence-corrected chi connectivity index (χ1v) is 4.29. The Morgan fingerprint density at radius 2 is 2.29 bits per heavy atom. The molecule has 1 aromatic rings. The number of benzene rings is 1. The number of hydrogen-bond acceptors (Lipinski definition) is 4. The largest absolute Gasteiger partial charge is 0.487 e. The van der Waals surface area contributed by atoms with Crippen molar-refractivity contribution in [3.05, 3.63) is 33.9 Å². The maximum absolute atomic E-state index is 10.6. The van der Waals surface area contributed by atoms with E-state index in [1.807, 2.05) is 0 Å². The molecule has 0 unspecified atom stereocenters. The summed E-state index contributed by atoms with van der Waals surface area (Å²) in [4.78, 5) is 10.2. The molecule has 0 aliphatic carbocycles. The highest BCUT2D eigenvalue weighted by Crippen LogP contribution is 2.27. The van der Waals surface area contributed by atoms with Gasteiger partial charge in [0.25, 0.3) is 0 Å². The zero-order valence-electron chi connectivity index (χ0n) is 7.90. The molecule has 0 spiro atoms. The molecular formula is C9H12N2O3. The molecule has 0 heterocycles. The first-order valence-electron chi connectivity index (χ1n) is 4.29. The minimum atomic E-state index is -0.468. The van der Waals surface area contributed by atoms with Crippen LogP contribution in [0.3, 0.4) is 0 Å². The quantitative estimate of drug-likeness (QED) is 0.584. The Bertz CT molecular complexity index is 339. The van der Waals surface area contributed by atoms with Crippen LogP contribution < -0.4 is 10.5 Å². The minimum absolute atomic E-state index is 0.0326. The highest BCUT2D eigenvalue weighted by molar-refractivity contribution is 5.48. The Morgan fingerprint density at radius 3 is 2.79 bits per heavy atom. The maximum atomic E-state index is 10.6. The van der Waals surface area contributed by atoms with Crippen molar-refractivity contribution < 1.29 is 9.66 Å². The fraction of sp³-hybridized carbons (Fsp3) is 0.333. The van der Waals surface area contributed by atoms with Crippen molar-refractivity contribution in [3.8, 4) is 5.75 Å². The van der Waals surface area contributed by atoms with Gasteiger partial charge in [-0.1, -0.05) is 6.07 Å². The molecule has 0 aromatic heterocycles. The minimum Gasteiger partial charge on any atom is -0.487 e. The lowest BCUT2D eigenvalue weighted by molar-refractivity contribution is -0.385. The van der Waals surface area contributed by atoms with Crippen molar-refractivity contribution in [2.24, 2.45) is 5.73 Å². The molecule has 5 heteroatoms. The Hall–Kier alpha value is -1.62. The molecular weight excluding hydrogens is 184 g/mol. The second-order valence-corrected chi connectivity index (χ2v) is 2.70. The van der Waals surface area contributed by atoms with Crippen molar-refractivity contribution in [1.29, 1.82) is 0 Å². The van der Waals surface area contributed by atoms with Gasteiger partial charge < -0.3 is 10.5 Å². The van der Waals surface area contributed by atoms with E-state index in [1.54, 1.807) is 19.1 Å². The van der Waals surface area contributed by atoms with Crippen LogP contribution >= 0.6 is 0 Å². The number of ether oxygens (including phenoxy) is 1. The molecule has 14 heavy (non-hydrogen) atoms. The molecule has 0 atom stereocenters. The summed E-state index contributed by atoms with van der Waals surface area (Å²) in [5, 5.41) is 10.6. The first kappa shape index (κ1) is 10.5. The van der Waals surface area contributed by atoms with Crippen molar-refractivity contribution in [2.75, 3.05) is 6.61 Å². The Labute approximate surface area is 81.6 Å². The molecule has 1 rings (SSSR count). The molecule has 0 fully saturated rings. The van der Waals surface area contributed by atoms with E-state index in [9.17, 15) is 10.1 Å². The average molecular weight is 196 g/mol. The van der Waals surface area contributed by atoms with Crippen LogP contribution in [0.15, 0.2) is 18.2 Å². The second kappa shape index (κ2) is 4.57. The van der Waals surface area contributed by atoms with Crippen LogP contribution in [0.1, 0.15) is 12.5 Å². The maximum Gasteiger partial charge on any atom is 0.311 e.